The van der Waals surface area contributed by atoms with Gasteiger partial charge in [-0.05, 0) is 58.7 Å². The summed E-state index contributed by atoms with van der Waals surface area (Å²) in [4.78, 5) is 16.9. The van der Waals surface area contributed by atoms with Gasteiger partial charge in [0, 0.05) is 16.1 Å². The monoisotopic (exact) mass is 384 g/mol. The number of fused-ring (bicyclic) bond motifs is 1. The van der Waals surface area contributed by atoms with E-state index in [1.54, 1.807) is 12.3 Å². The minimum Gasteiger partial charge on any atom is -0.491 e. The summed E-state index contributed by atoms with van der Waals surface area (Å²) in [5, 5.41) is 3.81. The maximum atomic E-state index is 12.5. The number of benzene rings is 2. The van der Waals surface area contributed by atoms with Crippen LogP contribution in [0.1, 0.15) is 23.7 Å². The lowest BCUT2D eigenvalue weighted by Gasteiger charge is -2.12. The molecule has 3 rings (SSSR count). The van der Waals surface area contributed by atoms with Gasteiger partial charge in [0.25, 0.3) is 5.91 Å². The minimum atomic E-state index is -0.171. The number of rotatable bonds is 5. The maximum Gasteiger partial charge on any atom is 0.256 e. The number of hydrogen-bond acceptors (Lipinski definition) is 3. The molecule has 0 fully saturated rings. The highest BCUT2D eigenvalue weighted by Gasteiger charge is 2.13. The van der Waals surface area contributed by atoms with E-state index < -0.39 is 0 Å². The largest absolute Gasteiger partial charge is 0.491 e. The van der Waals surface area contributed by atoms with Crippen molar-refractivity contribution in [2.24, 2.45) is 0 Å². The standard InChI is InChI=1S/C19H17BrN2O2/c1-2-12-24-17-10-9-16(14-7-5-11-21-18(14)17)22-19(23)13-6-3-4-8-15(13)20/h3-11H,2,12H2,1H3,(H,22,23). The Kier molecular flexibility index (Phi) is 5.11. The van der Waals surface area contributed by atoms with E-state index in [0.29, 0.717) is 17.9 Å². The number of carbonyl (C=O) groups excluding carboxylic acids is 1. The molecule has 0 aliphatic carbocycles. The Bertz CT molecular complexity index is 880. The smallest absolute Gasteiger partial charge is 0.256 e. The van der Waals surface area contributed by atoms with Crippen molar-refractivity contribution < 1.29 is 9.53 Å². The molecule has 0 aliphatic heterocycles. The molecule has 0 bridgehead atoms. The molecular weight excluding hydrogens is 368 g/mol. The first-order valence-corrected chi connectivity index (χ1v) is 8.56. The Morgan fingerprint density at radius 2 is 2.00 bits per heavy atom. The van der Waals surface area contributed by atoms with E-state index >= 15 is 0 Å². The number of carbonyl (C=O) groups is 1. The topological polar surface area (TPSA) is 51.2 Å². The molecule has 0 radical (unpaired) electrons. The van der Waals surface area contributed by atoms with Crippen LogP contribution in [0.25, 0.3) is 10.9 Å². The Hall–Kier alpha value is -2.40. The van der Waals surface area contributed by atoms with Crippen LogP contribution in [-0.4, -0.2) is 17.5 Å². The van der Waals surface area contributed by atoms with E-state index in [0.717, 1.165) is 27.5 Å². The third-order valence-corrected chi connectivity index (χ3v) is 4.25. The van der Waals surface area contributed by atoms with Crippen molar-refractivity contribution >= 4 is 38.4 Å². The van der Waals surface area contributed by atoms with Crippen LogP contribution in [0.15, 0.2) is 59.2 Å². The van der Waals surface area contributed by atoms with Gasteiger partial charge in [-0.1, -0.05) is 19.1 Å². The minimum absolute atomic E-state index is 0.171. The summed E-state index contributed by atoms with van der Waals surface area (Å²) in [6, 6.07) is 14.8. The molecule has 4 nitrogen and oxygen atoms in total. The zero-order valence-electron chi connectivity index (χ0n) is 13.3. The fraction of sp³-hybridized carbons (Fsp3) is 0.158. The lowest BCUT2D eigenvalue weighted by Crippen LogP contribution is -2.13. The van der Waals surface area contributed by atoms with Crippen LogP contribution in [0.2, 0.25) is 0 Å². The molecule has 0 spiro atoms. The van der Waals surface area contributed by atoms with E-state index in [1.807, 2.05) is 42.5 Å². The number of hydrogen-bond donors (Lipinski definition) is 1. The van der Waals surface area contributed by atoms with Gasteiger partial charge in [-0.25, -0.2) is 0 Å². The second kappa shape index (κ2) is 7.45. The van der Waals surface area contributed by atoms with E-state index in [4.69, 9.17) is 4.74 Å². The van der Waals surface area contributed by atoms with Gasteiger partial charge in [0.15, 0.2) is 0 Å². The second-order valence-electron chi connectivity index (χ2n) is 5.29. The molecule has 2 aromatic carbocycles. The zero-order valence-corrected chi connectivity index (χ0v) is 14.8. The molecule has 5 heteroatoms. The van der Waals surface area contributed by atoms with Gasteiger partial charge in [-0.3, -0.25) is 9.78 Å². The molecule has 0 saturated carbocycles. The van der Waals surface area contributed by atoms with Crippen LogP contribution in [0.3, 0.4) is 0 Å². The van der Waals surface area contributed by atoms with Crippen molar-refractivity contribution in [1.82, 2.24) is 4.98 Å². The van der Waals surface area contributed by atoms with Gasteiger partial charge < -0.3 is 10.1 Å². The van der Waals surface area contributed by atoms with E-state index in [-0.39, 0.29) is 5.91 Å². The Morgan fingerprint density at radius 1 is 1.17 bits per heavy atom. The molecule has 0 aliphatic rings. The van der Waals surface area contributed by atoms with Crippen LogP contribution in [-0.2, 0) is 0 Å². The van der Waals surface area contributed by atoms with Gasteiger partial charge in [0.05, 0.1) is 17.9 Å². The second-order valence-corrected chi connectivity index (χ2v) is 6.15. The lowest BCUT2D eigenvalue weighted by atomic mass is 10.1. The average Bonchev–Trinajstić information content (AvgIpc) is 2.61. The van der Waals surface area contributed by atoms with Gasteiger partial charge in [-0.15, -0.1) is 0 Å². The van der Waals surface area contributed by atoms with E-state index in [2.05, 4.69) is 33.2 Å². The first-order valence-electron chi connectivity index (χ1n) is 7.77. The molecule has 0 saturated heterocycles. The van der Waals surface area contributed by atoms with E-state index in [1.165, 1.54) is 0 Å². The SMILES string of the molecule is CCCOc1ccc(NC(=O)c2ccccc2Br)c2cccnc12. The normalized spacial score (nSPS) is 10.6. The molecule has 122 valence electrons. The van der Waals surface area contributed by atoms with Crippen molar-refractivity contribution in [2.75, 3.05) is 11.9 Å². The van der Waals surface area contributed by atoms with Gasteiger partial charge >= 0.3 is 0 Å². The van der Waals surface area contributed by atoms with Crippen molar-refractivity contribution in [3.8, 4) is 5.75 Å². The first kappa shape index (κ1) is 16.5. The summed E-state index contributed by atoms with van der Waals surface area (Å²) >= 11 is 3.41. The zero-order chi connectivity index (χ0) is 16.9. The van der Waals surface area contributed by atoms with Crippen molar-refractivity contribution in [1.29, 1.82) is 0 Å². The Balaban J connectivity index is 1.96. The van der Waals surface area contributed by atoms with Crippen LogP contribution in [0.4, 0.5) is 5.69 Å². The number of pyridine rings is 1. The molecule has 1 N–H and O–H groups in total. The quantitative estimate of drug-likeness (QED) is 0.670. The number of nitrogens with zero attached hydrogens (tertiary/aromatic N) is 1. The first-order chi connectivity index (χ1) is 11.7. The molecular formula is C19H17BrN2O2. The third-order valence-electron chi connectivity index (χ3n) is 3.56. The highest BCUT2D eigenvalue weighted by atomic mass is 79.9. The predicted octanol–water partition coefficient (Wildman–Crippen LogP) is 5.04. The maximum absolute atomic E-state index is 12.5. The molecule has 0 atom stereocenters. The average molecular weight is 385 g/mol. The number of anilines is 1. The summed E-state index contributed by atoms with van der Waals surface area (Å²) in [5.74, 6) is 0.557. The van der Waals surface area contributed by atoms with Gasteiger partial charge in [0.2, 0.25) is 0 Å². The summed E-state index contributed by atoms with van der Waals surface area (Å²) < 4.78 is 6.51. The van der Waals surface area contributed by atoms with Crippen molar-refractivity contribution in [3.63, 3.8) is 0 Å². The molecule has 24 heavy (non-hydrogen) atoms. The summed E-state index contributed by atoms with van der Waals surface area (Å²) in [6.45, 7) is 2.69. The van der Waals surface area contributed by atoms with Crippen molar-refractivity contribution in [3.05, 3.63) is 64.8 Å². The molecule has 3 aromatic rings. The number of amides is 1. The Morgan fingerprint density at radius 3 is 2.79 bits per heavy atom. The van der Waals surface area contributed by atoms with Crippen LogP contribution in [0, 0.1) is 0 Å². The van der Waals surface area contributed by atoms with Crippen LogP contribution >= 0.6 is 15.9 Å². The highest BCUT2D eigenvalue weighted by Crippen LogP contribution is 2.30. The number of ether oxygens (including phenoxy) is 1. The summed E-state index contributed by atoms with van der Waals surface area (Å²) in [7, 11) is 0. The lowest BCUT2D eigenvalue weighted by molar-refractivity contribution is 0.102. The van der Waals surface area contributed by atoms with E-state index in [9.17, 15) is 4.79 Å². The molecule has 1 amide bonds. The number of nitrogens with one attached hydrogen (secondary N) is 1. The number of halogens is 1. The fourth-order valence-electron chi connectivity index (χ4n) is 2.42. The summed E-state index contributed by atoms with van der Waals surface area (Å²) in [5.41, 5.74) is 2.04. The van der Waals surface area contributed by atoms with Gasteiger partial charge in [-0.2, -0.15) is 0 Å². The molecule has 0 unspecified atom stereocenters. The van der Waals surface area contributed by atoms with Crippen LogP contribution < -0.4 is 10.1 Å². The predicted molar refractivity (Wildman–Crippen MR) is 99.6 cm³/mol. The fourth-order valence-corrected chi connectivity index (χ4v) is 2.88. The summed E-state index contributed by atoms with van der Waals surface area (Å²) in [6.07, 6.45) is 2.65. The van der Waals surface area contributed by atoms with Gasteiger partial charge in [0.1, 0.15) is 11.3 Å². The third kappa shape index (κ3) is 3.41. The van der Waals surface area contributed by atoms with Crippen LogP contribution in [0.5, 0.6) is 5.75 Å². The van der Waals surface area contributed by atoms with Crippen molar-refractivity contribution in [2.45, 2.75) is 13.3 Å². The highest BCUT2D eigenvalue weighted by molar-refractivity contribution is 9.10. The molecule has 1 heterocycles. The number of aromatic nitrogens is 1. The molecule has 1 aromatic heterocycles. The Labute approximate surface area is 149 Å².